The SMILES string of the molecule is CCCC(C)(Nc1cc(Cl)ccc1[N+](=O)[O-])C(=O)O. The van der Waals surface area contributed by atoms with E-state index in [-0.39, 0.29) is 11.4 Å². The number of aliphatic carboxylic acids is 1. The lowest BCUT2D eigenvalue weighted by atomic mass is 9.95. The molecule has 1 atom stereocenters. The van der Waals surface area contributed by atoms with Gasteiger partial charge in [-0.25, -0.2) is 4.79 Å². The molecule has 0 radical (unpaired) electrons. The van der Waals surface area contributed by atoms with Crippen LogP contribution in [0.5, 0.6) is 0 Å². The van der Waals surface area contributed by atoms with Crippen LogP contribution in [0.4, 0.5) is 11.4 Å². The maximum absolute atomic E-state index is 11.3. The van der Waals surface area contributed by atoms with Crippen molar-refractivity contribution in [1.29, 1.82) is 0 Å². The Morgan fingerprint density at radius 2 is 2.21 bits per heavy atom. The van der Waals surface area contributed by atoms with Crippen LogP contribution in [0.1, 0.15) is 26.7 Å². The molecular formula is C12H15ClN2O4. The molecule has 1 aromatic rings. The summed E-state index contributed by atoms with van der Waals surface area (Å²) in [5, 5.41) is 23.2. The first kappa shape index (κ1) is 15.2. The zero-order valence-electron chi connectivity index (χ0n) is 10.6. The van der Waals surface area contributed by atoms with E-state index in [0.717, 1.165) is 0 Å². The van der Waals surface area contributed by atoms with Gasteiger partial charge in [-0.15, -0.1) is 0 Å². The molecule has 0 aromatic heterocycles. The number of halogens is 1. The number of carboxylic acids is 1. The standard InChI is InChI=1S/C12H15ClN2O4/c1-3-6-12(2,11(16)17)14-9-7-8(13)4-5-10(9)15(18)19/h4-5,7,14H,3,6H2,1-2H3,(H,16,17). The summed E-state index contributed by atoms with van der Waals surface area (Å²) in [6, 6.07) is 4.00. The van der Waals surface area contributed by atoms with E-state index in [9.17, 15) is 20.0 Å². The van der Waals surface area contributed by atoms with Crippen LogP contribution in [-0.4, -0.2) is 21.5 Å². The predicted octanol–water partition coefficient (Wildman–Crippen LogP) is 3.30. The maximum atomic E-state index is 11.3. The normalized spacial score (nSPS) is 13.6. The molecule has 0 heterocycles. The van der Waals surface area contributed by atoms with E-state index in [1.807, 2.05) is 6.92 Å². The number of hydrogen-bond acceptors (Lipinski definition) is 4. The van der Waals surface area contributed by atoms with Gasteiger partial charge in [0.15, 0.2) is 0 Å². The summed E-state index contributed by atoms with van der Waals surface area (Å²) in [5.41, 5.74) is -1.37. The van der Waals surface area contributed by atoms with Crippen molar-refractivity contribution < 1.29 is 14.8 Å². The molecule has 0 saturated heterocycles. The van der Waals surface area contributed by atoms with Crippen LogP contribution in [0.25, 0.3) is 0 Å². The van der Waals surface area contributed by atoms with Crippen molar-refractivity contribution >= 4 is 28.9 Å². The molecule has 1 rings (SSSR count). The Balaban J connectivity index is 3.19. The first-order valence-electron chi connectivity index (χ1n) is 5.75. The lowest BCUT2D eigenvalue weighted by molar-refractivity contribution is -0.384. The van der Waals surface area contributed by atoms with Crippen LogP contribution in [0.15, 0.2) is 18.2 Å². The molecule has 1 unspecified atom stereocenters. The monoisotopic (exact) mass is 286 g/mol. The van der Waals surface area contributed by atoms with E-state index in [1.54, 1.807) is 0 Å². The molecule has 2 N–H and O–H groups in total. The van der Waals surface area contributed by atoms with Crippen LogP contribution in [0.2, 0.25) is 5.02 Å². The highest BCUT2D eigenvalue weighted by molar-refractivity contribution is 6.31. The van der Waals surface area contributed by atoms with Gasteiger partial charge in [0.1, 0.15) is 11.2 Å². The third-order valence-corrected chi connectivity index (χ3v) is 3.02. The number of nitrogens with zero attached hydrogens (tertiary/aromatic N) is 1. The predicted molar refractivity (Wildman–Crippen MR) is 72.7 cm³/mol. The number of anilines is 1. The fourth-order valence-electron chi connectivity index (χ4n) is 1.79. The highest BCUT2D eigenvalue weighted by atomic mass is 35.5. The van der Waals surface area contributed by atoms with Crippen molar-refractivity contribution in [1.82, 2.24) is 0 Å². The van der Waals surface area contributed by atoms with Gasteiger partial charge >= 0.3 is 5.97 Å². The molecule has 0 aliphatic carbocycles. The number of nitro benzene ring substituents is 1. The van der Waals surface area contributed by atoms with Crippen molar-refractivity contribution in [3.63, 3.8) is 0 Å². The fraction of sp³-hybridized carbons (Fsp3) is 0.417. The first-order chi connectivity index (χ1) is 8.80. The Morgan fingerprint density at radius 3 is 2.68 bits per heavy atom. The minimum Gasteiger partial charge on any atom is -0.480 e. The van der Waals surface area contributed by atoms with Gasteiger partial charge in [-0.2, -0.15) is 0 Å². The summed E-state index contributed by atoms with van der Waals surface area (Å²) in [4.78, 5) is 21.7. The number of nitrogens with one attached hydrogen (secondary N) is 1. The third-order valence-electron chi connectivity index (χ3n) is 2.79. The highest BCUT2D eigenvalue weighted by Gasteiger charge is 2.34. The fourth-order valence-corrected chi connectivity index (χ4v) is 1.96. The zero-order chi connectivity index (χ0) is 14.6. The van der Waals surface area contributed by atoms with Crippen LogP contribution in [-0.2, 0) is 4.79 Å². The quantitative estimate of drug-likeness (QED) is 0.618. The van der Waals surface area contributed by atoms with Crippen LogP contribution in [0.3, 0.4) is 0 Å². The highest BCUT2D eigenvalue weighted by Crippen LogP contribution is 2.31. The number of carbonyl (C=O) groups is 1. The minimum absolute atomic E-state index is 0.107. The summed E-state index contributed by atoms with van der Waals surface area (Å²) in [5.74, 6) is -1.07. The number of carboxylic acid groups (broad SMARTS) is 1. The Morgan fingerprint density at radius 1 is 1.58 bits per heavy atom. The molecule has 0 fully saturated rings. The summed E-state index contributed by atoms with van der Waals surface area (Å²) < 4.78 is 0. The smallest absolute Gasteiger partial charge is 0.329 e. The van der Waals surface area contributed by atoms with Crippen molar-refractivity contribution in [3.8, 4) is 0 Å². The van der Waals surface area contributed by atoms with Crippen LogP contribution >= 0.6 is 11.6 Å². The summed E-state index contributed by atoms with van der Waals surface area (Å²) in [7, 11) is 0. The van der Waals surface area contributed by atoms with Crippen molar-refractivity contribution in [2.24, 2.45) is 0 Å². The molecule has 1 aromatic carbocycles. The van der Waals surface area contributed by atoms with E-state index in [2.05, 4.69) is 5.32 Å². The van der Waals surface area contributed by atoms with E-state index >= 15 is 0 Å². The molecule has 0 aliphatic rings. The Kier molecular flexibility index (Phi) is 4.72. The van der Waals surface area contributed by atoms with Crippen molar-refractivity contribution in [2.45, 2.75) is 32.2 Å². The molecule has 0 amide bonds. The third kappa shape index (κ3) is 3.57. The molecule has 104 valence electrons. The van der Waals surface area contributed by atoms with Gasteiger partial charge in [0.05, 0.1) is 4.92 Å². The second-order valence-corrected chi connectivity index (χ2v) is 4.87. The molecule has 0 aliphatic heterocycles. The minimum atomic E-state index is -1.27. The topological polar surface area (TPSA) is 92.5 Å². The number of hydrogen-bond donors (Lipinski definition) is 2. The summed E-state index contributed by atoms with van der Waals surface area (Å²) >= 11 is 5.80. The Bertz CT molecular complexity index is 507. The van der Waals surface area contributed by atoms with E-state index in [0.29, 0.717) is 17.9 Å². The summed E-state index contributed by atoms with van der Waals surface area (Å²) in [6.45, 7) is 3.33. The maximum Gasteiger partial charge on any atom is 0.329 e. The van der Waals surface area contributed by atoms with Crippen LogP contribution in [0, 0.1) is 10.1 Å². The average molecular weight is 287 g/mol. The van der Waals surface area contributed by atoms with E-state index < -0.39 is 16.4 Å². The van der Waals surface area contributed by atoms with Gasteiger partial charge in [0.2, 0.25) is 0 Å². The average Bonchev–Trinajstić information content (AvgIpc) is 2.28. The van der Waals surface area contributed by atoms with Gasteiger partial charge in [0, 0.05) is 11.1 Å². The van der Waals surface area contributed by atoms with Crippen molar-refractivity contribution in [2.75, 3.05) is 5.32 Å². The number of nitro groups is 1. The molecule has 7 heteroatoms. The van der Waals surface area contributed by atoms with Gasteiger partial charge in [-0.3, -0.25) is 10.1 Å². The summed E-state index contributed by atoms with van der Waals surface area (Å²) in [6.07, 6.45) is 0.968. The van der Waals surface area contributed by atoms with E-state index in [1.165, 1.54) is 25.1 Å². The molecule has 0 bridgehead atoms. The molecule has 6 nitrogen and oxygen atoms in total. The van der Waals surface area contributed by atoms with Gasteiger partial charge in [0.25, 0.3) is 5.69 Å². The van der Waals surface area contributed by atoms with Gasteiger partial charge in [-0.1, -0.05) is 24.9 Å². The van der Waals surface area contributed by atoms with E-state index in [4.69, 9.17) is 11.6 Å². The first-order valence-corrected chi connectivity index (χ1v) is 6.13. The molecule has 0 saturated carbocycles. The van der Waals surface area contributed by atoms with Crippen molar-refractivity contribution in [3.05, 3.63) is 33.3 Å². The second kappa shape index (κ2) is 5.88. The van der Waals surface area contributed by atoms with Crippen LogP contribution < -0.4 is 5.32 Å². The molecular weight excluding hydrogens is 272 g/mol. The second-order valence-electron chi connectivity index (χ2n) is 4.43. The lowest BCUT2D eigenvalue weighted by Gasteiger charge is -2.26. The molecule has 19 heavy (non-hydrogen) atoms. The molecule has 0 spiro atoms. The van der Waals surface area contributed by atoms with Gasteiger partial charge < -0.3 is 10.4 Å². The largest absolute Gasteiger partial charge is 0.480 e. The number of benzene rings is 1. The van der Waals surface area contributed by atoms with Gasteiger partial charge in [-0.05, 0) is 25.5 Å². The lowest BCUT2D eigenvalue weighted by Crippen LogP contribution is -2.43. The number of rotatable bonds is 6. The zero-order valence-corrected chi connectivity index (χ0v) is 11.4. The Labute approximate surface area is 115 Å². The Hall–Kier alpha value is -1.82.